The van der Waals surface area contributed by atoms with Crippen molar-refractivity contribution in [2.24, 2.45) is 0 Å². The SMILES string of the molecule is CC(C)c1ccc(S(=O)(=O)NC(=O)C(Oc2ccccc2CCC(=O)O)c2ccc3c(c2)OCO3)cc1. The number of ether oxygens (including phenoxy) is 3. The van der Waals surface area contributed by atoms with Gasteiger partial charge < -0.3 is 19.3 Å². The number of carbonyl (C=O) groups is 2. The van der Waals surface area contributed by atoms with Gasteiger partial charge in [-0.1, -0.05) is 50.2 Å². The Morgan fingerprint density at radius 1 is 0.973 bits per heavy atom. The number of carbonyl (C=O) groups excluding carboxylic acids is 1. The van der Waals surface area contributed by atoms with Crippen LogP contribution in [0.2, 0.25) is 0 Å². The van der Waals surface area contributed by atoms with Crippen molar-refractivity contribution in [2.75, 3.05) is 6.79 Å². The van der Waals surface area contributed by atoms with Crippen molar-refractivity contribution in [3.63, 3.8) is 0 Å². The predicted molar refractivity (Wildman–Crippen MR) is 134 cm³/mol. The second-order valence-corrected chi connectivity index (χ2v) is 10.5. The molecule has 0 bridgehead atoms. The van der Waals surface area contributed by atoms with E-state index in [2.05, 4.69) is 4.72 Å². The van der Waals surface area contributed by atoms with Gasteiger partial charge in [0.05, 0.1) is 4.90 Å². The standard InChI is InChI=1S/C27H27NO8S/c1-17(2)18-7-11-21(12-8-18)37(32,33)28-27(31)26(20-9-13-23-24(15-20)35-16-34-23)36-22-6-4-3-5-19(22)10-14-25(29)30/h3-9,11-13,15,17,26H,10,14,16H2,1-2H3,(H,28,31)(H,29,30). The van der Waals surface area contributed by atoms with Crippen LogP contribution in [-0.4, -0.2) is 32.2 Å². The molecule has 10 heteroatoms. The molecule has 0 saturated carbocycles. The van der Waals surface area contributed by atoms with E-state index in [-0.39, 0.29) is 36.2 Å². The van der Waals surface area contributed by atoms with Gasteiger partial charge in [0.1, 0.15) is 5.75 Å². The minimum Gasteiger partial charge on any atom is -0.481 e. The second-order valence-electron chi connectivity index (χ2n) is 8.81. The summed E-state index contributed by atoms with van der Waals surface area (Å²) in [6.07, 6.45) is -1.35. The van der Waals surface area contributed by atoms with Gasteiger partial charge in [-0.15, -0.1) is 0 Å². The summed E-state index contributed by atoms with van der Waals surface area (Å²) in [6.45, 7) is 4.01. The van der Waals surface area contributed by atoms with E-state index in [9.17, 15) is 18.0 Å². The molecule has 37 heavy (non-hydrogen) atoms. The summed E-state index contributed by atoms with van der Waals surface area (Å²) in [6, 6.07) is 17.7. The highest BCUT2D eigenvalue weighted by Crippen LogP contribution is 2.36. The van der Waals surface area contributed by atoms with Crippen molar-refractivity contribution in [3.8, 4) is 17.2 Å². The Hall–Kier alpha value is -4.05. The predicted octanol–water partition coefficient (Wildman–Crippen LogP) is 4.18. The number of sulfonamides is 1. The van der Waals surface area contributed by atoms with Crippen molar-refractivity contribution < 1.29 is 37.3 Å². The zero-order valence-corrected chi connectivity index (χ0v) is 21.2. The van der Waals surface area contributed by atoms with Gasteiger partial charge in [0.2, 0.25) is 12.9 Å². The molecule has 1 atom stereocenters. The van der Waals surface area contributed by atoms with Crippen LogP contribution in [0.25, 0.3) is 0 Å². The molecule has 9 nitrogen and oxygen atoms in total. The van der Waals surface area contributed by atoms with Crippen LogP contribution in [-0.2, 0) is 26.0 Å². The van der Waals surface area contributed by atoms with E-state index in [0.717, 1.165) is 5.56 Å². The van der Waals surface area contributed by atoms with Gasteiger partial charge in [-0.25, -0.2) is 13.1 Å². The van der Waals surface area contributed by atoms with E-state index in [1.54, 1.807) is 54.6 Å². The Labute approximate surface area is 215 Å². The molecule has 3 aromatic rings. The molecule has 1 heterocycles. The Morgan fingerprint density at radius 2 is 1.65 bits per heavy atom. The lowest BCUT2D eigenvalue weighted by atomic mass is 10.0. The van der Waals surface area contributed by atoms with Gasteiger partial charge in [-0.2, -0.15) is 0 Å². The number of hydrogen-bond donors (Lipinski definition) is 2. The van der Waals surface area contributed by atoms with Crippen LogP contribution in [0.3, 0.4) is 0 Å². The average Bonchev–Trinajstić information content (AvgIpc) is 3.34. The molecule has 1 aliphatic rings. The first-order valence-corrected chi connectivity index (χ1v) is 13.1. The zero-order chi connectivity index (χ0) is 26.6. The lowest BCUT2D eigenvalue weighted by Crippen LogP contribution is -2.37. The summed E-state index contributed by atoms with van der Waals surface area (Å²) in [5.41, 5.74) is 1.86. The number of carboxylic acid groups (broad SMARTS) is 1. The quantitative estimate of drug-likeness (QED) is 0.403. The average molecular weight is 526 g/mol. The molecular weight excluding hydrogens is 498 g/mol. The fourth-order valence-electron chi connectivity index (χ4n) is 3.82. The summed E-state index contributed by atoms with van der Waals surface area (Å²) >= 11 is 0. The minimum absolute atomic E-state index is 0.0231. The number of carboxylic acids is 1. The number of nitrogens with one attached hydrogen (secondary N) is 1. The van der Waals surface area contributed by atoms with Crippen molar-refractivity contribution in [3.05, 3.63) is 83.4 Å². The van der Waals surface area contributed by atoms with E-state index in [4.69, 9.17) is 19.3 Å². The third-order valence-corrected chi connectivity index (χ3v) is 7.22. The van der Waals surface area contributed by atoms with E-state index < -0.39 is 28.0 Å². The Bertz CT molecular complexity index is 1400. The Balaban J connectivity index is 1.65. The molecule has 0 spiro atoms. The van der Waals surface area contributed by atoms with Crippen LogP contribution in [0.4, 0.5) is 0 Å². The first kappa shape index (κ1) is 26.0. The smallest absolute Gasteiger partial charge is 0.303 e. The number of aryl methyl sites for hydroxylation is 1. The maximum absolute atomic E-state index is 13.4. The van der Waals surface area contributed by atoms with Crippen LogP contribution in [0.1, 0.15) is 49.0 Å². The van der Waals surface area contributed by atoms with Crippen molar-refractivity contribution in [1.82, 2.24) is 4.72 Å². The van der Waals surface area contributed by atoms with E-state index >= 15 is 0 Å². The summed E-state index contributed by atoms with van der Waals surface area (Å²) in [5.74, 6) is -0.529. The number of rotatable bonds is 10. The van der Waals surface area contributed by atoms with E-state index in [1.165, 1.54) is 12.1 Å². The Kier molecular flexibility index (Phi) is 7.68. The van der Waals surface area contributed by atoms with Gasteiger partial charge >= 0.3 is 5.97 Å². The van der Waals surface area contributed by atoms with Crippen molar-refractivity contribution >= 4 is 21.9 Å². The summed E-state index contributed by atoms with van der Waals surface area (Å²) in [7, 11) is -4.20. The molecule has 0 aromatic heterocycles. The minimum atomic E-state index is -4.20. The lowest BCUT2D eigenvalue weighted by Gasteiger charge is -2.21. The molecule has 0 aliphatic carbocycles. The highest BCUT2D eigenvalue weighted by molar-refractivity contribution is 7.90. The number of fused-ring (bicyclic) bond motifs is 1. The fourth-order valence-corrected chi connectivity index (χ4v) is 4.80. The molecule has 3 aromatic carbocycles. The first-order chi connectivity index (χ1) is 17.6. The second kappa shape index (κ2) is 10.9. The molecule has 194 valence electrons. The van der Waals surface area contributed by atoms with Gasteiger partial charge in [-0.05, 0) is 53.8 Å². The lowest BCUT2D eigenvalue weighted by molar-refractivity contribution is -0.137. The third kappa shape index (κ3) is 6.21. The van der Waals surface area contributed by atoms with Crippen LogP contribution >= 0.6 is 0 Å². The molecule has 0 saturated heterocycles. The van der Waals surface area contributed by atoms with Crippen LogP contribution in [0.5, 0.6) is 17.2 Å². The molecule has 2 N–H and O–H groups in total. The number of amides is 1. The summed E-state index contributed by atoms with van der Waals surface area (Å²) in [4.78, 5) is 24.4. The monoisotopic (exact) mass is 525 g/mol. The molecule has 1 aliphatic heterocycles. The number of aliphatic carboxylic acids is 1. The highest BCUT2D eigenvalue weighted by Gasteiger charge is 2.30. The van der Waals surface area contributed by atoms with E-state index in [0.29, 0.717) is 22.6 Å². The van der Waals surface area contributed by atoms with E-state index in [1.807, 2.05) is 13.8 Å². The maximum Gasteiger partial charge on any atom is 0.303 e. The zero-order valence-electron chi connectivity index (χ0n) is 20.3. The molecular formula is C27H27NO8S. The van der Waals surface area contributed by atoms with Crippen LogP contribution < -0.4 is 18.9 Å². The van der Waals surface area contributed by atoms with Gasteiger partial charge in [0, 0.05) is 12.0 Å². The molecule has 0 radical (unpaired) electrons. The van der Waals surface area contributed by atoms with Crippen LogP contribution in [0, 0.1) is 0 Å². The van der Waals surface area contributed by atoms with Gasteiger partial charge in [0.15, 0.2) is 11.5 Å². The number of benzene rings is 3. The topological polar surface area (TPSA) is 128 Å². The fraction of sp³-hybridized carbons (Fsp3) is 0.259. The number of hydrogen-bond acceptors (Lipinski definition) is 7. The van der Waals surface area contributed by atoms with Crippen molar-refractivity contribution in [2.45, 2.75) is 43.6 Å². The number of para-hydroxylation sites is 1. The summed E-state index contributed by atoms with van der Waals surface area (Å²) in [5, 5.41) is 9.09. The van der Waals surface area contributed by atoms with Gasteiger partial charge in [-0.3, -0.25) is 9.59 Å². The summed E-state index contributed by atoms with van der Waals surface area (Å²) < 4.78 is 45.0. The third-order valence-electron chi connectivity index (χ3n) is 5.86. The largest absolute Gasteiger partial charge is 0.481 e. The highest BCUT2D eigenvalue weighted by atomic mass is 32.2. The van der Waals surface area contributed by atoms with Crippen molar-refractivity contribution in [1.29, 1.82) is 0 Å². The van der Waals surface area contributed by atoms with Crippen LogP contribution in [0.15, 0.2) is 71.6 Å². The molecule has 4 rings (SSSR count). The molecule has 0 fully saturated rings. The normalized spacial score (nSPS) is 13.3. The van der Waals surface area contributed by atoms with Gasteiger partial charge in [0.25, 0.3) is 15.9 Å². The molecule has 1 amide bonds. The molecule has 1 unspecified atom stereocenters. The first-order valence-electron chi connectivity index (χ1n) is 11.7. The Morgan fingerprint density at radius 3 is 2.35 bits per heavy atom. The maximum atomic E-state index is 13.4.